The van der Waals surface area contributed by atoms with Crippen molar-refractivity contribution in [3.05, 3.63) is 41.7 Å². The quantitative estimate of drug-likeness (QED) is 0.493. The summed E-state index contributed by atoms with van der Waals surface area (Å²) in [6.07, 6.45) is 9.76. The molecule has 3 aromatic heterocycles. The number of rotatable bonds is 5. The van der Waals surface area contributed by atoms with E-state index in [1.165, 1.54) is 12.8 Å². The van der Waals surface area contributed by atoms with E-state index in [4.69, 9.17) is 9.72 Å². The Morgan fingerprint density at radius 1 is 1.15 bits per heavy atom. The summed E-state index contributed by atoms with van der Waals surface area (Å²) >= 11 is 0. The third kappa shape index (κ3) is 5.21. The van der Waals surface area contributed by atoms with Gasteiger partial charge >= 0.3 is 0 Å². The summed E-state index contributed by atoms with van der Waals surface area (Å²) in [5.74, 6) is 1.14. The van der Waals surface area contributed by atoms with Crippen LogP contribution in [-0.2, 0) is 16.6 Å². The van der Waals surface area contributed by atoms with Gasteiger partial charge in [0.05, 0.1) is 12.2 Å². The Labute approximate surface area is 235 Å². The Hall–Kier alpha value is -3.41. The maximum atomic E-state index is 13.5. The van der Waals surface area contributed by atoms with Crippen molar-refractivity contribution in [1.29, 1.82) is 0 Å². The molecule has 0 aromatic carbocycles. The van der Waals surface area contributed by atoms with Crippen molar-refractivity contribution in [2.24, 2.45) is 11.3 Å². The van der Waals surface area contributed by atoms with E-state index in [1.54, 1.807) is 46.9 Å². The van der Waals surface area contributed by atoms with Crippen LogP contribution in [0.4, 0.5) is 5.82 Å². The van der Waals surface area contributed by atoms with Crippen molar-refractivity contribution >= 4 is 21.7 Å². The number of carbonyl (C=O) groups excluding carboxylic acids is 1. The molecular formula is C28H37N7O4S. The van der Waals surface area contributed by atoms with Crippen LogP contribution in [0.5, 0.6) is 5.88 Å². The summed E-state index contributed by atoms with van der Waals surface area (Å²) in [6, 6.07) is 5.11. The van der Waals surface area contributed by atoms with E-state index in [0.29, 0.717) is 54.1 Å². The predicted octanol–water partition coefficient (Wildman–Crippen LogP) is 3.86. The number of hydrogen-bond acceptors (Lipinski definition) is 8. The Kier molecular flexibility index (Phi) is 6.43. The first-order valence-corrected chi connectivity index (χ1v) is 15.5. The zero-order valence-electron chi connectivity index (χ0n) is 23.6. The lowest BCUT2D eigenvalue weighted by molar-refractivity contribution is 0.0981. The van der Waals surface area contributed by atoms with Gasteiger partial charge in [0.25, 0.3) is 15.9 Å². The van der Waals surface area contributed by atoms with Crippen LogP contribution in [-0.4, -0.2) is 57.6 Å². The van der Waals surface area contributed by atoms with E-state index in [-0.39, 0.29) is 16.1 Å². The minimum Gasteiger partial charge on any atom is -0.477 e. The molecular weight excluding hydrogens is 530 g/mol. The van der Waals surface area contributed by atoms with Crippen LogP contribution in [0.15, 0.2) is 35.6 Å². The molecule has 1 saturated heterocycles. The molecule has 1 amide bonds. The van der Waals surface area contributed by atoms with Gasteiger partial charge in [0.15, 0.2) is 10.8 Å². The number of nitrogens with one attached hydrogen (secondary N) is 1. The van der Waals surface area contributed by atoms with Crippen molar-refractivity contribution in [1.82, 2.24) is 29.3 Å². The summed E-state index contributed by atoms with van der Waals surface area (Å²) in [4.78, 5) is 20.6. The normalized spacial score (nSPS) is 22.8. The smallest absolute Gasteiger partial charge is 0.283 e. The lowest BCUT2D eigenvalue weighted by Gasteiger charge is -2.34. The molecule has 1 saturated carbocycles. The first kappa shape index (κ1) is 26.8. The molecule has 5 heterocycles. The Morgan fingerprint density at radius 2 is 1.95 bits per heavy atom. The maximum Gasteiger partial charge on any atom is 0.283 e. The number of anilines is 1. The molecule has 1 N–H and O–H groups in total. The summed E-state index contributed by atoms with van der Waals surface area (Å²) in [5, 5.41) is 8.72. The molecule has 1 atom stereocenters. The maximum absolute atomic E-state index is 13.5. The van der Waals surface area contributed by atoms with E-state index in [1.807, 2.05) is 0 Å². The van der Waals surface area contributed by atoms with Crippen LogP contribution in [0.2, 0.25) is 0 Å². The van der Waals surface area contributed by atoms with Crippen molar-refractivity contribution in [2.45, 2.75) is 83.3 Å². The van der Waals surface area contributed by atoms with Gasteiger partial charge in [-0.15, -0.1) is 5.10 Å². The van der Waals surface area contributed by atoms with E-state index >= 15 is 0 Å². The van der Waals surface area contributed by atoms with Crippen LogP contribution in [0, 0.1) is 18.3 Å². The Bertz CT molecular complexity index is 1550. The number of pyridine rings is 1. The molecule has 12 heteroatoms. The summed E-state index contributed by atoms with van der Waals surface area (Å²) in [6.45, 7) is 10.2. The number of amides is 1. The summed E-state index contributed by atoms with van der Waals surface area (Å²) in [5.41, 5.74) is 0.812. The average molecular weight is 568 g/mol. The second kappa shape index (κ2) is 9.60. The van der Waals surface area contributed by atoms with Crippen LogP contribution in [0.3, 0.4) is 0 Å². The van der Waals surface area contributed by atoms with Crippen molar-refractivity contribution in [3.8, 4) is 11.7 Å². The third-order valence-electron chi connectivity index (χ3n) is 8.56. The van der Waals surface area contributed by atoms with Crippen LogP contribution in [0.25, 0.3) is 5.82 Å². The van der Waals surface area contributed by atoms with E-state index in [9.17, 15) is 13.2 Å². The van der Waals surface area contributed by atoms with Gasteiger partial charge in [0.1, 0.15) is 5.82 Å². The second-order valence-corrected chi connectivity index (χ2v) is 14.1. The molecule has 214 valence electrons. The number of nitrogens with zero attached hydrogens (tertiary/aromatic N) is 6. The number of aromatic nitrogens is 5. The lowest BCUT2D eigenvalue weighted by atomic mass is 9.93. The van der Waals surface area contributed by atoms with Gasteiger partial charge in [-0.2, -0.15) is 13.5 Å². The highest BCUT2D eigenvalue weighted by Crippen LogP contribution is 2.48. The number of carbonyl (C=O) groups is 1. The molecule has 1 unspecified atom stereocenters. The van der Waals surface area contributed by atoms with Crippen molar-refractivity contribution in [2.75, 3.05) is 18.1 Å². The molecule has 3 aliphatic rings. The first-order valence-electron chi connectivity index (χ1n) is 14.0. The van der Waals surface area contributed by atoms with Crippen LogP contribution in [0.1, 0.15) is 75.2 Å². The molecule has 2 fully saturated rings. The van der Waals surface area contributed by atoms with Crippen molar-refractivity contribution < 1.29 is 17.9 Å². The Morgan fingerprint density at radius 3 is 2.73 bits per heavy atom. The molecule has 2 aliphatic heterocycles. The number of fused-ring (bicyclic) bond motifs is 6. The summed E-state index contributed by atoms with van der Waals surface area (Å²) in [7, 11) is -4.18. The SMILES string of the molecule is Cc1cn2nc1S(=O)(=O)NC(=O)c1ccc(-n3ccc(OCCC4(C)CC4)n3)nc1N1CC(CCC2)CC1(C)C. The topological polar surface area (TPSA) is 124 Å². The van der Waals surface area contributed by atoms with E-state index in [2.05, 4.69) is 40.6 Å². The average Bonchev–Trinajstić information content (AvgIpc) is 3.20. The minimum absolute atomic E-state index is 0.132. The predicted molar refractivity (Wildman–Crippen MR) is 149 cm³/mol. The number of ether oxygens (including phenoxy) is 1. The highest BCUT2D eigenvalue weighted by atomic mass is 32.2. The van der Waals surface area contributed by atoms with Gasteiger partial charge in [0, 0.05) is 42.7 Å². The third-order valence-corrected chi connectivity index (χ3v) is 9.93. The fourth-order valence-corrected chi connectivity index (χ4v) is 7.07. The highest BCUT2D eigenvalue weighted by molar-refractivity contribution is 7.90. The fourth-order valence-electron chi connectivity index (χ4n) is 5.93. The van der Waals surface area contributed by atoms with Gasteiger partial charge < -0.3 is 9.64 Å². The zero-order chi connectivity index (χ0) is 28.3. The van der Waals surface area contributed by atoms with Crippen molar-refractivity contribution in [3.63, 3.8) is 0 Å². The molecule has 11 nitrogen and oxygen atoms in total. The zero-order valence-corrected chi connectivity index (χ0v) is 24.4. The van der Waals surface area contributed by atoms with E-state index < -0.39 is 15.9 Å². The van der Waals surface area contributed by atoms with Gasteiger partial charge in [-0.1, -0.05) is 6.92 Å². The summed E-state index contributed by atoms with van der Waals surface area (Å²) < 4.78 is 37.8. The minimum atomic E-state index is -4.18. The van der Waals surface area contributed by atoms with E-state index in [0.717, 1.165) is 25.7 Å². The second-order valence-electron chi connectivity index (χ2n) is 12.5. The molecule has 40 heavy (non-hydrogen) atoms. The number of sulfonamides is 1. The lowest BCUT2D eigenvalue weighted by Crippen LogP contribution is -2.41. The van der Waals surface area contributed by atoms with Crippen LogP contribution < -0.4 is 14.4 Å². The monoisotopic (exact) mass is 567 g/mol. The van der Waals surface area contributed by atoms with Gasteiger partial charge in [-0.3, -0.25) is 9.48 Å². The largest absolute Gasteiger partial charge is 0.477 e. The first-order chi connectivity index (χ1) is 18.9. The fraction of sp³-hybridized carbons (Fsp3) is 0.571. The molecule has 1 aliphatic carbocycles. The number of hydrogen-bond donors (Lipinski definition) is 1. The molecule has 0 radical (unpaired) electrons. The highest BCUT2D eigenvalue weighted by Gasteiger charge is 2.41. The molecule has 4 bridgehead atoms. The van der Waals surface area contributed by atoms with Gasteiger partial charge in [0.2, 0.25) is 5.88 Å². The molecule has 6 rings (SSSR count). The standard InChI is InChI=1S/C28H37N7O4S/c1-19-17-33-13-5-6-20-16-27(2,3)34(18-20)24-21(25(36)32-40(37,38)26(19)31-33)7-8-22(29-24)35-14-9-23(30-35)39-15-12-28(4)10-11-28/h7-9,14,17,20H,5-6,10-13,15-16,18H2,1-4H3,(H,32,36). The van der Waals surface area contributed by atoms with Gasteiger partial charge in [-0.25, -0.2) is 14.4 Å². The van der Waals surface area contributed by atoms with Gasteiger partial charge in [-0.05, 0) is 82.8 Å². The Balaban J connectivity index is 1.35. The van der Waals surface area contributed by atoms with Crippen LogP contribution >= 0.6 is 0 Å². The molecule has 3 aromatic rings. The molecule has 0 spiro atoms. The number of aryl methyl sites for hydroxylation is 2.